The van der Waals surface area contributed by atoms with Crippen LogP contribution in [0.25, 0.3) is 10.9 Å². The van der Waals surface area contributed by atoms with Gasteiger partial charge < -0.3 is 19.3 Å². The first-order chi connectivity index (χ1) is 17.1. The average Bonchev–Trinajstić information content (AvgIpc) is 3.33. The Morgan fingerprint density at radius 1 is 1.17 bits per heavy atom. The molecular weight excluding hydrogens is 444 g/mol. The number of hydrogen-bond acceptors (Lipinski definition) is 7. The monoisotopic (exact) mass is 472 g/mol. The van der Waals surface area contributed by atoms with Gasteiger partial charge in [0.1, 0.15) is 5.84 Å². The number of aromatic amines is 1. The number of anilines is 1. The van der Waals surface area contributed by atoms with Crippen molar-refractivity contribution < 1.29 is 9.47 Å². The number of likely N-dealkylation sites (tertiary alicyclic amines) is 1. The summed E-state index contributed by atoms with van der Waals surface area (Å²) < 4.78 is 10.7. The summed E-state index contributed by atoms with van der Waals surface area (Å²) in [5, 5.41) is 9.40. The van der Waals surface area contributed by atoms with Crippen molar-refractivity contribution in [3.05, 3.63) is 51.8 Å². The lowest BCUT2D eigenvalue weighted by Gasteiger charge is -2.30. The van der Waals surface area contributed by atoms with Gasteiger partial charge in [-0.1, -0.05) is 12.1 Å². The van der Waals surface area contributed by atoms with Gasteiger partial charge in [0.05, 0.1) is 43.3 Å². The zero-order valence-corrected chi connectivity index (χ0v) is 20.0. The molecule has 3 heterocycles. The molecule has 2 aromatic carbocycles. The zero-order valence-electron chi connectivity index (χ0n) is 20.0. The van der Waals surface area contributed by atoms with Gasteiger partial charge in [-0.2, -0.15) is 5.26 Å². The third-order valence-corrected chi connectivity index (χ3v) is 6.68. The molecule has 0 saturated carbocycles. The molecule has 1 N–H and O–H groups in total. The Labute approximate surface area is 203 Å². The van der Waals surface area contributed by atoms with Gasteiger partial charge in [-0.25, -0.2) is 9.98 Å². The molecule has 5 rings (SSSR count). The lowest BCUT2D eigenvalue weighted by atomic mass is 9.98. The van der Waals surface area contributed by atoms with Crippen LogP contribution >= 0.6 is 0 Å². The lowest BCUT2D eigenvalue weighted by molar-refractivity contribution is 0.355. The number of nitrogens with one attached hydrogen (secondary N) is 1. The van der Waals surface area contributed by atoms with Crippen molar-refractivity contribution in [2.45, 2.75) is 32.2 Å². The van der Waals surface area contributed by atoms with Crippen LogP contribution < -0.4 is 19.9 Å². The van der Waals surface area contributed by atoms with Crippen LogP contribution in [0.2, 0.25) is 0 Å². The predicted octanol–water partition coefficient (Wildman–Crippen LogP) is 3.54. The van der Waals surface area contributed by atoms with E-state index in [0.29, 0.717) is 41.3 Å². The number of aliphatic imine (C=N–C) groups is 1. The maximum absolute atomic E-state index is 12.8. The quantitative estimate of drug-likeness (QED) is 0.585. The molecule has 2 aliphatic heterocycles. The zero-order chi connectivity index (χ0) is 24.4. The van der Waals surface area contributed by atoms with Crippen LogP contribution in [0.5, 0.6) is 11.5 Å². The van der Waals surface area contributed by atoms with Gasteiger partial charge in [-0.15, -0.1) is 0 Å². The molecule has 35 heavy (non-hydrogen) atoms. The molecule has 0 bridgehead atoms. The molecule has 0 amide bonds. The number of amidine groups is 1. The molecule has 0 radical (unpaired) electrons. The predicted molar refractivity (Wildman–Crippen MR) is 135 cm³/mol. The van der Waals surface area contributed by atoms with Crippen LogP contribution in [-0.4, -0.2) is 54.6 Å². The molecule has 3 aromatic rings. The van der Waals surface area contributed by atoms with Crippen LogP contribution in [-0.2, 0) is 13.0 Å². The summed E-state index contributed by atoms with van der Waals surface area (Å²) >= 11 is 0. The number of methoxy groups -OCH3 is 2. The molecule has 1 fully saturated rings. The van der Waals surface area contributed by atoms with Crippen molar-refractivity contribution >= 4 is 28.4 Å². The van der Waals surface area contributed by atoms with E-state index in [4.69, 9.17) is 24.7 Å². The first-order valence-corrected chi connectivity index (χ1v) is 11.8. The van der Waals surface area contributed by atoms with E-state index in [1.807, 2.05) is 6.07 Å². The van der Waals surface area contributed by atoms with Gasteiger partial charge >= 0.3 is 0 Å². The summed E-state index contributed by atoms with van der Waals surface area (Å²) in [7, 11) is 3.11. The van der Waals surface area contributed by atoms with Crippen LogP contribution in [0.15, 0.2) is 40.1 Å². The summed E-state index contributed by atoms with van der Waals surface area (Å²) in [6, 6.07) is 11.8. The Morgan fingerprint density at radius 3 is 2.80 bits per heavy atom. The SMILES string of the molecule is COc1cc2nc(N3CCc4c(cccc4/N=C4\CCCN4CCC#N)C3)[nH]c(=O)c2cc1OC. The number of H-pyrrole nitrogens is 1. The van der Waals surface area contributed by atoms with Crippen molar-refractivity contribution in [3.63, 3.8) is 0 Å². The summed E-state index contributed by atoms with van der Waals surface area (Å²) in [4.78, 5) is 29.8. The van der Waals surface area contributed by atoms with Crippen LogP contribution in [0, 0.1) is 11.3 Å². The van der Waals surface area contributed by atoms with E-state index in [-0.39, 0.29) is 5.56 Å². The van der Waals surface area contributed by atoms with Crippen molar-refractivity contribution in [1.29, 1.82) is 5.26 Å². The number of benzene rings is 2. The standard InChI is InChI=1S/C26H28N6O3/c1-34-22-14-19-21(15-23(22)35-2)29-26(30-25(19)33)32-13-9-18-17(16-32)6-3-7-20(18)28-24-8-4-11-31(24)12-5-10-27/h3,6-7,14-15H,4-5,8-9,11-13,16H2,1-2H3,(H,29,30,33)/b28-24+. The number of hydrogen-bond donors (Lipinski definition) is 1. The molecular formula is C26H28N6O3. The normalized spacial score (nSPS) is 16.4. The van der Waals surface area contributed by atoms with Gasteiger partial charge in [0.15, 0.2) is 11.5 Å². The molecule has 1 saturated heterocycles. The molecule has 180 valence electrons. The third-order valence-electron chi connectivity index (χ3n) is 6.68. The second-order valence-corrected chi connectivity index (χ2v) is 8.73. The minimum absolute atomic E-state index is 0.212. The molecule has 0 aliphatic carbocycles. The number of fused-ring (bicyclic) bond motifs is 2. The van der Waals surface area contributed by atoms with Crippen LogP contribution in [0.3, 0.4) is 0 Å². The number of aromatic nitrogens is 2. The fourth-order valence-electron chi connectivity index (χ4n) is 4.88. The Morgan fingerprint density at radius 2 is 2.00 bits per heavy atom. The second kappa shape index (κ2) is 9.66. The molecule has 0 spiro atoms. The minimum atomic E-state index is -0.212. The van der Waals surface area contributed by atoms with Crippen LogP contribution in [0.1, 0.15) is 30.4 Å². The van der Waals surface area contributed by atoms with E-state index >= 15 is 0 Å². The Kier molecular flexibility index (Phi) is 6.27. The van der Waals surface area contributed by atoms with E-state index in [2.05, 4.69) is 33.0 Å². The number of rotatable bonds is 6. The highest BCUT2D eigenvalue weighted by Gasteiger charge is 2.23. The summed E-state index contributed by atoms with van der Waals surface area (Å²) in [5.74, 6) is 2.64. The van der Waals surface area contributed by atoms with Crippen molar-refractivity contribution in [1.82, 2.24) is 14.9 Å². The molecule has 9 heteroatoms. The fourth-order valence-corrected chi connectivity index (χ4v) is 4.88. The Hall–Kier alpha value is -4.06. The smallest absolute Gasteiger partial charge is 0.260 e. The maximum Gasteiger partial charge on any atom is 0.260 e. The number of nitrogens with zero attached hydrogens (tertiary/aromatic N) is 5. The molecule has 9 nitrogen and oxygen atoms in total. The summed E-state index contributed by atoms with van der Waals surface area (Å²) in [6.45, 7) is 3.04. The highest BCUT2D eigenvalue weighted by Crippen LogP contribution is 2.33. The minimum Gasteiger partial charge on any atom is -0.493 e. The molecule has 2 aliphatic rings. The van der Waals surface area contributed by atoms with Gasteiger partial charge in [-0.05, 0) is 36.1 Å². The van der Waals surface area contributed by atoms with E-state index in [1.54, 1.807) is 26.4 Å². The Balaban J connectivity index is 1.44. The molecule has 1 aromatic heterocycles. The van der Waals surface area contributed by atoms with E-state index in [0.717, 1.165) is 50.4 Å². The van der Waals surface area contributed by atoms with E-state index in [1.165, 1.54) is 11.1 Å². The van der Waals surface area contributed by atoms with Crippen molar-refractivity contribution in [2.24, 2.45) is 4.99 Å². The first kappa shape index (κ1) is 22.7. The first-order valence-electron chi connectivity index (χ1n) is 11.8. The van der Waals surface area contributed by atoms with Crippen molar-refractivity contribution in [2.75, 3.05) is 38.8 Å². The van der Waals surface area contributed by atoms with Crippen LogP contribution in [0.4, 0.5) is 11.6 Å². The van der Waals surface area contributed by atoms with Gasteiger partial charge in [0.2, 0.25) is 5.95 Å². The fraction of sp³-hybridized carbons (Fsp3) is 0.385. The van der Waals surface area contributed by atoms with Gasteiger partial charge in [0.25, 0.3) is 5.56 Å². The molecule has 0 unspecified atom stereocenters. The highest BCUT2D eigenvalue weighted by atomic mass is 16.5. The number of ether oxygens (including phenoxy) is 2. The van der Waals surface area contributed by atoms with Gasteiger partial charge in [-0.3, -0.25) is 9.78 Å². The average molecular weight is 473 g/mol. The highest BCUT2D eigenvalue weighted by molar-refractivity contribution is 5.87. The summed E-state index contributed by atoms with van der Waals surface area (Å²) in [5.41, 5.74) is 3.76. The third kappa shape index (κ3) is 4.39. The van der Waals surface area contributed by atoms with E-state index < -0.39 is 0 Å². The largest absolute Gasteiger partial charge is 0.493 e. The molecule has 0 atom stereocenters. The summed E-state index contributed by atoms with van der Waals surface area (Å²) in [6.07, 6.45) is 3.33. The number of nitriles is 1. The Bertz CT molecular complexity index is 1390. The van der Waals surface area contributed by atoms with Crippen molar-refractivity contribution in [3.8, 4) is 17.6 Å². The van der Waals surface area contributed by atoms with Gasteiger partial charge in [0, 0.05) is 38.7 Å². The topological polar surface area (TPSA) is 107 Å². The second-order valence-electron chi connectivity index (χ2n) is 8.73. The maximum atomic E-state index is 12.8. The van der Waals surface area contributed by atoms with E-state index in [9.17, 15) is 4.79 Å². The lowest BCUT2D eigenvalue weighted by Crippen LogP contribution is -2.33.